The lowest BCUT2D eigenvalue weighted by Crippen LogP contribution is -2.05. The number of nitrogens with zero attached hydrogens (tertiary/aromatic N) is 3. The number of aromatic carboxylic acids is 1. The third kappa shape index (κ3) is 1.92. The Labute approximate surface area is 80.7 Å². The minimum Gasteiger partial charge on any atom is -0.476 e. The van der Waals surface area contributed by atoms with Crippen molar-refractivity contribution < 1.29 is 9.90 Å². The number of hydrogen-bond donors (Lipinski definition) is 1. The van der Waals surface area contributed by atoms with Gasteiger partial charge in [0, 0.05) is 0 Å². The lowest BCUT2D eigenvalue weighted by atomic mass is 10.5. The molecule has 7 heteroatoms. The first-order valence-corrected chi connectivity index (χ1v) is 4.84. The largest absolute Gasteiger partial charge is 0.476 e. The number of thioether (sulfide) groups is 1. The van der Waals surface area contributed by atoms with Crippen LogP contribution in [0.15, 0.2) is 9.76 Å². The summed E-state index contributed by atoms with van der Waals surface area (Å²) in [5.74, 6) is -1.12. The monoisotopic (exact) mass is 249 g/mol. The Morgan fingerprint density at radius 1 is 1.58 bits per heavy atom. The van der Waals surface area contributed by atoms with Crippen molar-refractivity contribution in [2.75, 3.05) is 6.26 Å². The molecule has 0 bridgehead atoms. The summed E-state index contributed by atoms with van der Waals surface area (Å²) >= 11 is 4.17. The van der Waals surface area contributed by atoms with E-state index in [0.717, 1.165) is 0 Å². The fraction of sp³-hybridized carbons (Fsp3) is 0.200. The van der Waals surface area contributed by atoms with Crippen molar-refractivity contribution in [3.63, 3.8) is 0 Å². The van der Waals surface area contributed by atoms with E-state index in [4.69, 9.17) is 5.11 Å². The van der Waals surface area contributed by atoms with Crippen LogP contribution < -0.4 is 0 Å². The van der Waals surface area contributed by atoms with Crippen molar-refractivity contribution in [1.82, 2.24) is 15.2 Å². The van der Waals surface area contributed by atoms with E-state index in [9.17, 15) is 4.79 Å². The number of aromatic nitrogens is 3. The van der Waals surface area contributed by atoms with Crippen LogP contribution >= 0.6 is 27.7 Å². The minimum absolute atomic E-state index is 0.116. The number of rotatable bonds is 2. The molecule has 0 unspecified atom stereocenters. The Morgan fingerprint density at radius 2 is 2.25 bits per heavy atom. The number of halogens is 1. The fourth-order valence-electron chi connectivity index (χ4n) is 0.521. The molecule has 0 aliphatic rings. The van der Waals surface area contributed by atoms with Gasteiger partial charge in [-0.2, -0.15) is 0 Å². The number of carboxylic acids is 1. The topological polar surface area (TPSA) is 76.0 Å². The average molecular weight is 250 g/mol. The predicted molar refractivity (Wildman–Crippen MR) is 46.3 cm³/mol. The molecule has 0 saturated heterocycles. The van der Waals surface area contributed by atoms with Crippen molar-refractivity contribution in [1.29, 1.82) is 0 Å². The molecular formula is C5H4BrN3O2S. The quantitative estimate of drug-likeness (QED) is 0.790. The van der Waals surface area contributed by atoms with Gasteiger partial charge in [-0.3, -0.25) is 0 Å². The highest BCUT2D eigenvalue weighted by molar-refractivity contribution is 9.10. The zero-order valence-electron chi connectivity index (χ0n) is 5.98. The summed E-state index contributed by atoms with van der Waals surface area (Å²) in [4.78, 5) is 14.3. The van der Waals surface area contributed by atoms with Crippen LogP contribution in [0.2, 0.25) is 0 Å². The number of carbonyl (C=O) groups is 1. The third-order valence-electron chi connectivity index (χ3n) is 1.01. The number of hydrogen-bond acceptors (Lipinski definition) is 5. The lowest BCUT2D eigenvalue weighted by Gasteiger charge is -1.97. The molecule has 0 atom stereocenters. The van der Waals surface area contributed by atoms with Gasteiger partial charge >= 0.3 is 5.97 Å². The summed E-state index contributed by atoms with van der Waals surface area (Å²) in [7, 11) is 0. The Hall–Kier alpha value is -0.690. The molecule has 1 aromatic rings. The summed E-state index contributed by atoms with van der Waals surface area (Å²) in [5.41, 5.74) is -0.116. The third-order valence-corrected chi connectivity index (χ3v) is 2.08. The summed E-state index contributed by atoms with van der Waals surface area (Å²) < 4.78 is 0.146. The van der Waals surface area contributed by atoms with E-state index in [1.807, 2.05) is 0 Å². The van der Waals surface area contributed by atoms with Crippen LogP contribution in [0.25, 0.3) is 0 Å². The van der Waals surface area contributed by atoms with Gasteiger partial charge in [-0.15, -0.1) is 10.2 Å². The zero-order valence-corrected chi connectivity index (χ0v) is 8.39. The molecule has 12 heavy (non-hydrogen) atoms. The Morgan fingerprint density at radius 3 is 2.75 bits per heavy atom. The first kappa shape index (κ1) is 9.40. The highest BCUT2D eigenvalue weighted by Crippen LogP contribution is 2.13. The second kappa shape index (κ2) is 3.81. The lowest BCUT2D eigenvalue weighted by molar-refractivity contribution is 0.0687. The van der Waals surface area contributed by atoms with E-state index in [1.54, 1.807) is 6.26 Å². The normalized spacial score (nSPS) is 9.83. The molecule has 1 aromatic heterocycles. The molecule has 0 amide bonds. The maximum Gasteiger partial charge on any atom is 0.357 e. The summed E-state index contributed by atoms with van der Waals surface area (Å²) in [5, 5.41) is 16.2. The summed E-state index contributed by atoms with van der Waals surface area (Å²) in [6.45, 7) is 0. The SMILES string of the molecule is CSc1nnc(Br)c(C(=O)O)n1. The predicted octanol–water partition coefficient (Wildman–Crippen LogP) is 1.05. The van der Waals surface area contributed by atoms with E-state index < -0.39 is 5.97 Å². The van der Waals surface area contributed by atoms with Crippen LogP contribution in [-0.2, 0) is 0 Å². The second-order valence-corrected chi connectivity index (χ2v) is 3.27. The molecule has 1 heterocycles. The molecular weight excluding hydrogens is 246 g/mol. The van der Waals surface area contributed by atoms with E-state index in [2.05, 4.69) is 31.1 Å². The molecule has 0 spiro atoms. The smallest absolute Gasteiger partial charge is 0.357 e. The second-order valence-electron chi connectivity index (χ2n) is 1.74. The Bertz CT molecular complexity index is 320. The molecule has 1 N–H and O–H groups in total. The van der Waals surface area contributed by atoms with Crippen LogP contribution in [0.1, 0.15) is 10.5 Å². The van der Waals surface area contributed by atoms with Gasteiger partial charge in [0.05, 0.1) is 0 Å². The van der Waals surface area contributed by atoms with Crippen LogP contribution in [0, 0.1) is 0 Å². The van der Waals surface area contributed by atoms with Crippen molar-refractivity contribution in [3.05, 3.63) is 10.3 Å². The van der Waals surface area contributed by atoms with Gasteiger partial charge in [-0.05, 0) is 22.2 Å². The summed E-state index contributed by atoms with van der Waals surface area (Å²) in [6.07, 6.45) is 1.75. The van der Waals surface area contributed by atoms with Crippen LogP contribution in [-0.4, -0.2) is 32.5 Å². The van der Waals surface area contributed by atoms with Crippen molar-refractivity contribution in [2.24, 2.45) is 0 Å². The molecule has 0 aromatic carbocycles. The van der Waals surface area contributed by atoms with Gasteiger partial charge in [0.15, 0.2) is 10.3 Å². The molecule has 5 nitrogen and oxygen atoms in total. The van der Waals surface area contributed by atoms with E-state index in [0.29, 0.717) is 5.16 Å². The fourth-order valence-corrected chi connectivity index (χ4v) is 1.16. The van der Waals surface area contributed by atoms with Crippen LogP contribution in [0.3, 0.4) is 0 Å². The van der Waals surface area contributed by atoms with Gasteiger partial charge in [0.2, 0.25) is 5.16 Å². The molecule has 0 aliphatic carbocycles. The van der Waals surface area contributed by atoms with Gasteiger partial charge in [0.1, 0.15) is 0 Å². The van der Waals surface area contributed by atoms with Crippen LogP contribution in [0.5, 0.6) is 0 Å². The van der Waals surface area contributed by atoms with Gasteiger partial charge in [-0.1, -0.05) is 11.8 Å². The zero-order chi connectivity index (χ0) is 9.14. The maximum atomic E-state index is 10.5. The first-order valence-electron chi connectivity index (χ1n) is 2.82. The van der Waals surface area contributed by atoms with Crippen molar-refractivity contribution in [3.8, 4) is 0 Å². The van der Waals surface area contributed by atoms with Gasteiger partial charge in [0.25, 0.3) is 0 Å². The number of carboxylic acid groups (broad SMARTS) is 1. The average Bonchev–Trinajstić information content (AvgIpc) is 2.05. The molecule has 0 fully saturated rings. The maximum absolute atomic E-state index is 10.5. The molecule has 64 valence electrons. The highest BCUT2D eigenvalue weighted by atomic mass is 79.9. The molecule has 1 rings (SSSR count). The molecule has 0 aliphatic heterocycles. The summed E-state index contributed by atoms with van der Waals surface area (Å²) in [6, 6.07) is 0. The highest BCUT2D eigenvalue weighted by Gasteiger charge is 2.12. The van der Waals surface area contributed by atoms with Gasteiger partial charge < -0.3 is 5.11 Å². The standard InChI is InChI=1S/C5H4BrN3O2S/c1-12-5-7-2(4(10)11)3(6)8-9-5/h1H3,(H,10,11). The van der Waals surface area contributed by atoms with E-state index in [-0.39, 0.29) is 10.3 Å². The Balaban J connectivity index is 3.17. The van der Waals surface area contributed by atoms with Gasteiger partial charge in [-0.25, -0.2) is 9.78 Å². The van der Waals surface area contributed by atoms with E-state index >= 15 is 0 Å². The van der Waals surface area contributed by atoms with Crippen molar-refractivity contribution >= 4 is 33.7 Å². The molecule has 0 radical (unpaired) electrons. The Kier molecular flexibility index (Phi) is 2.99. The molecule has 0 saturated carbocycles. The van der Waals surface area contributed by atoms with Crippen LogP contribution in [0.4, 0.5) is 0 Å². The van der Waals surface area contributed by atoms with Crippen molar-refractivity contribution in [2.45, 2.75) is 5.16 Å². The first-order chi connectivity index (χ1) is 5.65. The minimum atomic E-state index is -1.12. The van der Waals surface area contributed by atoms with E-state index in [1.165, 1.54) is 11.8 Å².